The number of esters is 1. The summed E-state index contributed by atoms with van der Waals surface area (Å²) in [5.74, 6) is 0.832. The van der Waals surface area contributed by atoms with Gasteiger partial charge in [0.25, 0.3) is 0 Å². The van der Waals surface area contributed by atoms with Crippen LogP contribution in [-0.4, -0.2) is 66.0 Å². The Labute approximate surface area is 249 Å². The minimum atomic E-state index is -0.601. The summed E-state index contributed by atoms with van der Waals surface area (Å²) in [7, 11) is 0. The molecule has 1 aromatic carbocycles. The predicted octanol–water partition coefficient (Wildman–Crippen LogP) is 5.52. The third-order valence-electron chi connectivity index (χ3n) is 12.4. The molecular formula is C34H47NO5S. The second-order valence-electron chi connectivity index (χ2n) is 14.3. The molecule has 5 aliphatic rings. The van der Waals surface area contributed by atoms with Gasteiger partial charge in [0.1, 0.15) is 11.9 Å². The molecule has 1 aromatic rings. The number of hydrogen-bond acceptors (Lipinski definition) is 7. The maximum atomic E-state index is 13.5. The number of carbonyl (C=O) groups excluding carboxylic acids is 2. The van der Waals surface area contributed by atoms with Crippen molar-refractivity contribution in [3.8, 4) is 0 Å². The van der Waals surface area contributed by atoms with Crippen LogP contribution in [0.2, 0.25) is 0 Å². The molecule has 1 saturated heterocycles. The molecule has 4 unspecified atom stereocenters. The molecule has 1 aliphatic heterocycles. The molecule has 5 fully saturated rings. The van der Waals surface area contributed by atoms with Gasteiger partial charge < -0.3 is 14.6 Å². The number of nitrogens with zero attached hydrogens (tertiary/aromatic N) is 1. The molecule has 7 heteroatoms. The molecule has 9 atom stereocenters. The third kappa shape index (κ3) is 4.47. The van der Waals surface area contributed by atoms with E-state index in [1.54, 1.807) is 0 Å². The summed E-state index contributed by atoms with van der Waals surface area (Å²) in [6.45, 7) is 17.2. The summed E-state index contributed by atoms with van der Waals surface area (Å²) in [5.41, 5.74) is -0.0960. The topological polar surface area (TPSA) is 76.1 Å². The lowest BCUT2D eigenvalue weighted by molar-refractivity contribution is -0.257. The molecule has 0 aromatic heterocycles. The first kappa shape index (κ1) is 29.4. The molecule has 6 rings (SSSR count). The number of ketones is 1. The van der Waals surface area contributed by atoms with Crippen LogP contribution in [-0.2, 0) is 25.6 Å². The number of aliphatic hydroxyl groups excluding tert-OH is 1. The molecule has 224 valence electrons. The number of ether oxygens (including phenoxy) is 2. The minimum Gasteiger partial charge on any atom is -0.461 e. The van der Waals surface area contributed by atoms with E-state index >= 15 is 0 Å². The summed E-state index contributed by atoms with van der Waals surface area (Å²) in [6.07, 6.45) is 4.57. The Bertz CT molecular complexity index is 1220. The van der Waals surface area contributed by atoms with Gasteiger partial charge in [-0.1, -0.05) is 45.9 Å². The van der Waals surface area contributed by atoms with Crippen molar-refractivity contribution in [3.05, 3.63) is 42.5 Å². The van der Waals surface area contributed by atoms with Crippen molar-refractivity contribution in [3.63, 3.8) is 0 Å². The van der Waals surface area contributed by atoms with Gasteiger partial charge in [-0.25, -0.2) is 0 Å². The average Bonchev–Trinajstić information content (AvgIpc) is 3.15. The number of morpholine rings is 1. The lowest BCUT2D eigenvalue weighted by Crippen LogP contribution is -2.71. The van der Waals surface area contributed by atoms with Gasteiger partial charge in [-0.2, -0.15) is 0 Å². The van der Waals surface area contributed by atoms with Crippen molar-refractivity contribution in [2.75, 3.05) is 32.1 Å². The Balaban J connectivity index is 1.22. The Kier molecular flexibility index (Phi) is 7.53. The molecule has 2 bridgehead atoms. The fraction of sp³-hybridized carbons (Fsp3) is 0.706. The fourth-order valence-electron chi connectivity index (χ4n) is 10.1. The van der Waals surface area contributed by atoms with E-state index in [9.17, 15) is 14.7 Å². The van der Waals surface area contributed by atoms with Gasteiger partial charge in [-0.05, 0) is 66.5 Å². The van der Waals surface area contributed by atoms with Gasteiger partial charge in [-0.15, -0.1) is 18.3 Å². The van der Waals surface area contributed by atoms with Gasteiger partial charge in [0.05, 0.1) is 25.1 Å². The van der Waals surface area contributed by atoms with Crippen LogP contribution < -0.4 is 0 Å². The molecule has 2 spiro atoms. The standard InChI is InChI=1S/C34H47NO5S/c1-6-31(4)18-27(40-28(37)20-41-25-9-7-8-24(16-25)19-35-12-14-39-15-13-35)32(5)22(2)17-34-21-33(30(32)34,11-10-26(34)36)23(3)29(31)38/h6-9,16,22-23,27,29-30,38H,1,10-15,17-21H2,2-5H3/t22?,23-,27+,29-,30?,31+,32-,33?,34?/m0/s1. The van der Waals surface area contributed by atoms with E-state index in [0.29, 0.717) is 18.6 Å². The summed E-state index contributed by atoms with van der Waals surface area (Å²) < 4.78 is 12.0. The number of benzene rings is 1. The molecule has 0 amide bonds. The number of thioether (sulfide) groups is 1. The number of carbonyl (C=O) groups is 2. The molecule has 6 nitrogen and oxygen atoms in total. The lowest BCUT2D eigenvalue weighted by atomic mass is 9.32. The number of hydrogen-bond donors (Lipinski definition) is 1. The number of aliphatic hydroxyl groups is 1. The van der Waals surface area contributed by atoms with E-state index in [2.05, 4.69) is 63.4 Å². The van der Waals surface area contributed by atoms with Crippen LogP contribution in [0.1, 0.15) is 65.4 Å². The molecule has 4 saturated carbocycles. The maximum absolute atomic E-state index is 13.5. The number of rotatable bonds is 7. The highest BCUT2D eigenvalue weighted by Gasteiger charge is 2.81. The van der Waals surface area contributed by atoms with Gasteiger partial charge in [0.15, 0.2) is 0 Å². The molecular weight excluding hydrogens is 534 g/mol. The quantitative estimate of drug-likeness (QED) is 0.258. The molecule has 1 heterocycles. The highest BCUT2D eigenvalue weighted by Crippen LogP contribution is 2.82. The van der Waals surface area contributed by atoms with Crippen molar-refractivity contribution >= 4 is 23.5 Å². The predicted molar refractivity (Wildman–Crippen MR) is 160 cm³/mol. The van der Waals surface area contributed by atoms with Gasteiger partial charge in [0, 0.05) is 47.2 Å². The SMILES string of the molecule is C=C[C@]1(C)C[C@@H](OC(=O)CSc2cccc(CN3CCOCC3)c2)[C@]2(C)C(C)CC34CC(CCC3=O)(C42)[C@@H](C)[C@@H]1O. The lowest BCUT2D eigenvalue weighted by Gasteiger charge is -2.71. The van der Waals surface area contributed by atoms with Crippen LogP contribution in [0.25, 0.3) is 0 Å². The zero-order chi connectivity index (χ0) is 29.2. The van der Waals surface area contributed by atoms with Gasteiger partial charge >= 0.3 is 5.97 Å². The first-order valence-corrected chi connectivity index (χ1v) is 16.5. The van der Waals surface area contributed by atoms with Crippen LogP contribution in [0.4, 0.5) is 0 Å². The Morgan fingerprint density at radius 1 is 1.24 bits per heavy atom. The van der Waals surface area contributed by atoms with Crippen LogP contribution in [0.15, 0.2) is 41.8 Å². The van der Waals surface area contributed by atoms with Crippen molar-refractivity contribution in [1.29, 1.82) is 0 Å². The van der Waals surface area contributed by atoms with E-state index in [1.165, 1.54) is 17.3 Å². The molecule has 1 N–H and O–H groups in total. The maximum Gasteiger partial charge on any atom is 0.316 e. The first-order chi connectivity index (χ1) is 19.5. The Hall–Kier alpha value is -1.67. The zero-order valence-corrected chi connectivity index (χ0v) is 26.0. The Morgan fingerprint density at radius 2 is 2.00 bits per heavy atom. The summed E-state index contributed by atoms with van der Waals surface area (Å²) in [5, 5.41) is 11.8. The monoisotopic (exact) mass is 581 g/mol. The first-order valence-electron chi connectivity index (χ1n) is 15.5. The van der Waals surface area contributed by atoms with Crippen LogP contribution in [0.5, 0.6) is 0 Å². The molecule has 0 radical (unpaired) electrons. The zero-order valence-electron chi connectivity index (χ0n) is 25.2. The fourth-order valence-corrected chi connectivity index (χ4v) is 10.9. The van der Waals surface area contributed by atoms with Crippen molar-refractivity contribution < 1.29 is 24.2 Å². The van der Waals surface area contributed by atoms with Crippen molar-refractivity contribution in [1.82, 2.24) is 4.90 Å². The van der Waals surface area contributed by atoms with E-state index in [0.717, 1.165) is 57.0 Å². The van der Waals surface area contributed by atoms with E-state index < -0.39 is 11.5 Å². The normalized spacial score (nSPS) is 43.8. The van der Waals surface area contributed by atoms with Gasteiger partial charge in [0.2, 0.25) is 0 Å². The highest BCUT2D eigenvalue weighted by molar-refractivity contribution is 8.00. The van der Waals surface area contributed by atoms with E-state index in [-0.39, 0.29) is 51.8 Å². The largest absolute Gasteiger partial charge is 0.461 e. The smallest absolute Gasteiger partial charge is 0.316 e. The average molecular weight is 582 g/mol. The van der Waals surface area contributed by atoms with Gasteiger partial charge in [-0.3, -0.25) is 14.5 Å². The second kappa shape index (κ2) is 10.5. The van der Waals surface area contributed by atoms with Crippen LogP contribution >= 0.6 is 11.8 Å². The summed E-state index contributed by atoms with van der Waals surface area (Å²) in [4.78, 5) is 30.5. The van der Waals surface area contributed by atoms with E-state index in [1.807, 2.05) is 6.08 Å². The molecule has 41 heavy (non-hydrogen) atoms. The van der Waals surface area contributed by atoms with Crippen LogP contribution in [0.3, 0.4) is 0 Å². The number of Topliss-reactive ketones (excluding diaryl/α,β-unsaturated/α-hetero) is 1. The van der Waals surface area contributed by atoms with Crippen LogP contribution in [0, 0.1) is 39.4 Å². The summed E-state index contributed by atoms with van der Waals surface area (Å²) in [6, 6.07) is 8.42. The van der Waals surface area contributed by atoms with Crippen molar-refractivity contribution in [2.45, 2.75) is 83.4 Å². The second-order valence-corrected chi connectivity index (χ2v) is 15.4. The molecule has 4 aliphatic carbocycles. The Morgan fingerprint density at radius 3 is 2.73 bits per heavy atom. The third-order valence-corrected chi connectivity index (χ3v) is 13.3. The van der Waals surface area contributed by atoms with E-state index in [4.69, 9.17) is 9.47 Å². The summed E-state index contributed by atoms with van der Waals surface area (Å²) >= 11 is 1.52. The minimum absolute atomic E-state index is 0.0540. The van der Waals surface area contributed by atoms with Crippen molar-refractivity contribution in [2.24, 2.45) is 39.4 Å². The highest BCUT2D eigenvalue weighted by atomic mass is 32.2.